The highest BCUT2D eigenvalue weighted by atomic mass is 16.6. The van der Waals surface area contributed by atoms with E-state index in [2.05, 4.69) is 5.32 Å². The molecule has 1 aliphatic rings. The maximum atomic E-state index is 12.4. The normalized spacial score (nSPS) is 14.8. The van der Waals surface area contributed by atoms with Crippen LogP contribution in [0.25, 0.3) is 0 Å². The third kappa shape index (κ3) is 6.21. The number of nitrogens with one attached hydrogen (secondary N) is 1. The summed E-state index contributed by atoms with van der Waals surface area (Å²) in [7, 11) is 0. The van der Waals surface area contributed by atoms with Gasteiger partial charge in [-0.1, -0.05) is 19.3 Å². The first-order chi connectivity index (χ1) is 13.0. The lowest BCUT2D eigenvalue weighted by Crippen LogP contribution is -2.37. The molecule has 0 bridgehead atoms. The lowest BCUT2D eigenvalue weighted by atomic mass is 10.1. The van der Waals surface area contributed by atoms with Crippen LogP contribution in [0.15, 0.2) is 18.2 Å². The number of ether oxygens (including phenoxy) is 1. The van der Waals surface area contributed by atoms with Gasteiger partial charge in [0.1, 0.15) is 0 Å². The van der Waals surface area contributed by atoms with Crippen molar-refractivity contribution in [2.24, 2.45) is 0 Å². The highest BCUT2D eigenvalue weighted by molar-refractivity contribution is 5.97. The number of esters is 1. The smallest absolute Gasteiger partial charge is 0.341 e. The van der Waals surface area contributed by atoms with Crippen LogP contribution in [0.3, 0.4) is 0 Å². The van der Waals surface area contributed by atoms with E-state index in [9.17, 15) is 19.7 Å². The summed E-state index contributed by atoms with van der Waals surface area (Å²) >= 11 is 0. The molecule has 0 spiro atoms. The van der Waals surface area contributed by atoms with E-state index in [-0.39, 0.29) is 30.3 Å². The zero-order valence-corrected chi connectivity index (χ0v) is 15.2. The van der Waals surface area contributed by atoms with Crippen molar-refractivity contribution in [3.8, 4) is 0 Å². The zero-order valence-electron chi connectivity index (χ0n) is 15.2. The van der Waals surface area contributed by atoms with Gasteiger partial charge < -0.3 is 20.1 Å². The van der Waals surface area contributed by atoms with Crippen molar-refractivity contribution in [1.82, 2.24) is 4.90 Å². The van der Waals surface area contributed by atoms with Crippen molar-refractivity contribution in [3.63, 3.8) is 0 Å². The van der Waals surface area contributed by atoms with Gasteiger partial charge >= 0.3 is 5.97 Å². The maximum Gasteiger partial charge on any atom is 0.341 e. The van der Waals surface area contributed by atoms with Crippen molar-refractivity contribution in [3.05, 3.63) is 33.9 Å². The van der Waals surface area contributed by atoms with Gasteiger partial charge in [0, 0.05) is 37.5 Å². The average molecular weight is 379 g/mol. The number of anilines is 1. The monoisotopic (exact) mass is 379 g/mol. The molecule has 1 amide bonds. The number of hydrogen-bond acceptors (Lipinski definition) is 7. The summed E-state index contributed by atoms with van der Waals surface area (Å²) in [5, 5.41) is 22.7. The lowest BCUT2D eigenvalue weighted by Gasteiger charge is -2.24. The number of rotatable bonds is 7. The fourth-order valence-electron chi connectivity index (χ4n) is 2.95. The van der Waals surface area contributed by atoms with E-state index in [1.54, 1.807) is 4.90 Å². The van der Waals surface area contributed by atoms with E-state index < -0.39 is 17.5 Å². The Hall–Kier alpha value is -2.68. The van der Waals surface area contributed by atoms with Crippen LogP contribution >= 0.6 is 0 Å². The predicted octanol–water partition coefficient (Wildman–Crippen LogP) is 1.95. The Kier molecular flexibility index (Phi) is 8.00. The molecule has 9 heteroatoms. The Labute approximate surface area is 157 Å². The second kappa shape index (κ2) is 10.5. The quantitative estimate of drug-likeness (QED) is 0.422. The molecular formula is C18H25N3O6. The number of benzene rings is 1. The maximum absolute atomic E-state index is 12.4. The third-order valence-corrected chi connectivity index (χ3v) is 4.40. The molecule has 0 unspecified atom stereocenters. The summed E-state index contributed by atoms with van der Waals surface area (Å²) in [6, 6.07) is 3.73. The first-order valence-electron chi connectivity index (χ1n) is 9.11. The molecule has 9 nitrogen and oxygen atoms in total. The second-order valence-electron chi connectivity index (χ2n) is 6.36. The summed E-state index contributed by atoms with van der Waals surface area (Å²) in [4.78, 5) is 36.8. The number of carbonyl (C=O) groups excluding carboxylic acids is 2. The van der Waals surface area contributed by atoms with E-state index >= 15 is 0 Å². The van der Waals surface area contributed by atoms with E-state index in [1.165, 1.54) is 18.6 Å². The zero-order chi connectivity index (χ0) is 19.6. The number of non-ortho nitro benzene ring substituents is 1. The van der Waals surface area contributed by atoms with E-state index in [0.29, 0.717) is 18.8 Å². The van der Waals surface area contributed by atoms with Crippen LogP contribution in [0.4, 0.5) is 11.4 Å². The van der Waals surface area contributed by atoms with Gasteiger partial charge in [-0.2, -0.15) is 0 Å². The number of aliphatic hydroxyl groups is 1. The standard InChI is InChI=1S/C18H25N3O6/c22-11-8-19-16-7-6-14(21(25)26)12-15(16)18(24)27-13-17(23)20-9-4-2-1-3-5-10-20/h6-7,12,19,22H,1-5,8-11,13H2. The first kappa shape index (κ1) is 20.6. The highest BCUT2D eigenvalue weighted by Gasteiger charge is 2.21. The highest BCUT2D eigenvalue weighted by Crippen LogP contribution is 2.23. The largest absolute Gasteiger partial charge is 0.452 e. The Morgan fingerprint density at radius 3 is 2.48 bits per heavy atom. The van der Waals surface area contributed by atoms with Crippen LogP contribution < -0.4 is 5.32 Å². The van der Waals surface area contributed by atoms with Crippen molar-refractivity contribution < 1.29 is 24.4 Å². The van der Waals surface area contributed by atoms with Gasteiger partial charge in [0.05, 0.1) is 17.1 Å². The Bertz CT molecular complexity index is 671. The van der Waals surface area contributed by atoms with Crippen molar-refractivity contribution >= 4 is 23.3 Å². The Morgan fingerprint density at radius 1 is 1.19 bits per heavy atom. The number of aliphatic hydroxyl groups excluding tert-OH is 1. The van der Waals surface area contributed by atoms with Crippen molar-refractivity contribution in [2.45, 2.75) is 32.1 Å². The van der Waals surface area contributed by atoms with Gasteiger partial charge in [-0.25, -0.2) is 4.79 Å². The van der Waals surface area contributed by atoms with Gasteiger partial charge in [-0.3, -0.25) is 14.9 Å². The first-order valence-corrected chi connectivity index (χ1v) is 9.11. The number of likely N-dealkylation sites (tertiary alicyclic amines) is 1. The average Bonchev–Trinajstić information content (AvgIpc) is 2.63. The molecule has 0 radical (unpaired) electrons. The molecule has 1 heterocycles. The van der Waals surface area contributed by atoms with Crippen LogP contribution in [0.5, 0.6) is 0 Å². The number of nitro groups is 1. The fourth-order valence-corrected chi connectivity index (χ4v) is 2.95. The molecule has 27 heavy (non-hydrogen) atoms. The summed E-state index contributed by atoms with van der Waals surface area (Å²) in [5.74, 6) is -1.08. The molecule has 148 valence electrons. The van der Waals surface area contributed by atoms with E-state index in [0.717, 1.165) is 31.7 Å². The van der Waals surface area contributed by atoms with Gasteiger partial charge in [0.25, 0.3) is 11.6 Å². The minimum absolute atomic E-state index is 0.0434. The minimum Gasteiger partial charge on any atom is -0.452 e. The van der Waals surface area contributed by atoms with Gasteiger partial charge in [0.15, 0.2) is 6.61 Å². The SMILES string of the molecule is O=C(OCC(=O)N1CCCCCCC1)c1cc([N+](=O)[O-])ccc1NCCO. The van der Waals surface area contributed by atoms with Crippen LogP contribution in [0.1, 0.15) is 42.5 Å². The molecule has 1 aromatic carbocycles. The molecule has 1 aliphatic heterocycles. The molecule has 2 rings (SSSR count). The van der Waals surface area contributed by atoms with Crippen LogP contribution in [0, 0.1) is 10.1 Å². The minimum atomic E-state index is -0.820. The van der Waals surface area contributed by atoms with Crippen molar-refractivity contribution in [1.29, 1.82) is 0 Å². The topological polar surface area (TPSA) is 122 Å². The van der Waals surface area contributed by atoms with Gasteiger partial charge in [-0.15, -0.1) is 0 Å². The molecule has 1 aromatic rings. The Morgan fingerprint density at radius 2 is 1.85 bits per heavy atom. The van der Waals surface area contributed by atoms with E-state index in [4.69, 9.17) is 9.84 Å². The number of hydrogen-bond donors (Lipinski definition) is 2. The summed E-state index contributed by atoms with van der Waals surface area (Å²) in [6.07, 6.45) is 5.20. The lowest BCUT2D eigenvalue weighted by molar-refractivity contribution is -0.384. The van der Waals surface area contributed by atoms with Crippen molar-refractivity contribution in [2.75, 3.05) is 38.2 Å². The number of nitro benzene ring substituents is 1. The van der Waals surface area contributed by atoms with Crippen LogP contribution in [-0.4, -0.2) is 59.7 Å². The summed E-state index contributed by atoms with van der Waals surface area (Å²) in [6.45, 7) is 0.900. The molecule has 1 fully saturated rings. The van der Waals surface area contributed by atoms with Gasteiger partial charge in [-0.05, 0) is 18.9 Å². The molecule has 0 aliphatic carbocycles. The number of carbonyl (C=O) groups is 2. The van der Waals surface area contributed by atoms with Crippen LogP contribution in [0.2, 0.25) is 0 Å². The number of nitrogens with zero attached hydrogens (tertiary/aromatic N) is 2. The van der Waals surface area contributed by atoms with Gasteiger partial charge in [0.2, 0.25) is 0 Å². The molecular weight excluding hydrogens is 354 g/mol. The molecule has 0 saturated carbocycles. The predicted molar refractivity (Wildman–Crippen MR) is 98.6 cm³/mol. The van der Waals surface area contributed by atoms with Crippen LogP contribution in [-0.2, 0) is 9.53 Å². The third-order valence-electron chi connectivity index (χ3n) is 4.40. The fraction of sp³-hybridized carbons (Fsp3) is 0.556. The second-order valence-corrected chi connectivity index (χ2v) is 6.36. The van der Waals surface area contributed by atoms with E-state index in [1.807, 2.05) is 0 Å². The molecule has 0 aromatic heterocycles. The molecule has 2 N–H and O–H groups in total. The summed E-state index contributed by atoms with van der Waals surface area (Å²) in [5.41, 5.74) is 0.00284. The molecule has 1 saturated heterocycles. The number of amides is 1. The Balaban J connectivity index is 2.03. The molecule has 0 atom stereocenters. The summed E-state index contributed by atoms with van der Waals surface area (Å²) < 4.78 is 5.12.